The van der Waals surface area contributed by atoms with Gasteiger partial charge in [-0.3, -0.25) is 4.79 Å². The number of rotatable bonds is 8. The number of nitrogens with zero attached hydrogens (tertiary/aromatic N) is 1. The minimum Gasteiger partial charge on any atom is -0.462 e. The molecule has 0 heterocycles. The van der Waals surface area contributed by atoms with Crippen LogP contribution in [0.3, 0.4) is 0 Å². The van der Waals surface area contributed by atoms with E-state index >= 15 is 0 Å². The van der Waals surface area contributed by atoms with Gasteiger partial charge >= 0.3 is 5.97 Å². The van der Waals surface area contributed by atoms with E-state index in [1.165, 1.54) is 44.9 Å². The Hall–Kier alpha value is -1.30. The second-order valence-electron chi connectivity index (χ2n) is 8.03. The van der Waals surface area contributed by atoms with Crippen LogP contribution in [0.5, 0.6) is 0 Å². The number of ether oxygens (including phenoxy) is 1. The zero-order chi connectivity index (χ0) is 17.9. The van der Waals surface area contributed by atoms with Crippen LogP contribution >= 0.6 is 0 Å². The molecule has 0 atom stereocenters. The van der Waals surface area contributed by atoms with Crippen molar-refractivity contribution in [2.75, 3.05) is 0 Å². The van der Waals surface area contributed by atoms with Gasteiger partial charge in [0.2, 0.25) is 0 Å². The average molecular weight is 346 g/mol. The van der Waals surface area contributed by atoms with Crippen molar-refractivity contribution in [3.8, 4) is 6.07 Å². The largest absolute Gasteiger partial charge is 0.462 e. The summed E-state index contributed by atoms with van der Waals surface area (Å²) < 4.78 is 5.80. The van der Waals surface area contributed by atoms with Crippen molar-refractivity contribution in [2.45, 2.75) is 96.5 Å². The van der Waals surface area contributed by atoms with Gasteiger partial charge in [0.1, 0.15) is 6.10 Å². The molecule has 140 valence electrons. The van der Waals surface area contributed by atoms with Crippen LogP contribution in [0.4, 0.5) is 0 Å². The number of allylic oxidation sites excluding steroid dienone is 2. The van der Waals surface area contributed by atoms with Gasteiger partial charge < -0.3 is 4.74 Å². The number of carbonyl (C=O) groups is 1. The van der Waals surface area contributed by atoms with Gasteiger partial charge in [0.25, 0.3) is 0 Å². The summed E-state index contributed by atoms with van der Waals surface area (Å²) in [6, 6.07) is 2.06. The molecule has 2 aliphatic rings. The summed E-state index contributed by atoms with van der Waals surface area (Å²) in [7, 11) is 0. The molecule has 0 unspecified atom stereocenters. The maximum atomic E-state index is 12.4. The van der Waals surface area contributed by atoms with E-state index in [9.17, 15) is 4.79 Å². The van der Waals surface area contributed by atoms with Crippen LogP contribution in [0.2, 0.25) is 0 Å². The van der Waals surface area contributed by atoms with Gasteiger partial charge in [0.15, 0.2) is 0 Å². The van der Waals surface area contributed by atoms with Gasteiger partial charge in [-0.25, -0.2) is 0 Å². The maximum absolute atomic E-state index is 12.4. The SMILES string of the molecule is CCCCCC[C@H]1CC[C@H](C(=O)OC2CCC(/C=C/C#N)CC2)CC1. The fourth-order valence-corrected chi connectivity index (χ4v) is 4.39. The first kappa shape index (κ1) is 20.0. The van der Waals surface area contributed by atoms with Crippen LogP contribution in [0.15, 0.2) is 12.2 Å². The van der Waals surface area contributed by atoms with Gasteiger partial charge in [0.05, 0.1) is 12.0 Å². The summed E-state index contributed by atoms with van der Waals surface area (Å²) >= 11 is 0. The first-order valence-corrected chi connectivity index (χ1v) is 10.5. The highest BCUT2D eigenvalue weighted by molar-refractivity contribution is 5.72. The summed E-state index contributed by atoms with van der Waals surface area (Å²) in [5.41, 5.74) is 0. The van der Waals surface area contributed by atoms with Gasteiger partial charge in [-0.2, -0.15) is 5.26 Å². The Labute approximate surface area is 153 Å². The predicted molar refractivity (Wildman–Crippen MR) is 101 cm³/mol. The molecule has 0 aliphatic heterocycles. The smallest absolute Gasteiger partial charge is 0.309 e. The molecule has 0 bridgehead atoms. The first-order valence-electron chi connectivity index (χ1n) is 10.5. The maximum Gasteiger partial charge on any atom is 0.309 e. The van der Waals surface area contributed by atoms with Crippen LogP contribution in [-0.2, 0) is 9.53 Å². The van der Waals surface area contributed by atoms with Crippen molar-refractivity contribution in [1.29, 1.82) is 5.26 Å². The van der Waals surface area contributed by atoms with Crippen molar-refractivity contribution in [2.24, 2.45) is 17.8 Å². The Bertz CT molecular complexity index is 449. The van der Waals surface area contributed by atoms with E-state index in [0.717, 1.165) is 44.4 Å². The predicted octanol–water partition coefficient (Wildman–Crippen LogP) is 5.94. The Morgan fingerprint density at radius 3 is 2.40 bits per heavy atom. The van der Waals surface area contributed by atoms with Crippen molar-refractivity contribution in [1.82, 2.24) is 0 Å². The van der Waals surface area contributed by atoms with Crippen LogP contribution in [0.1, 0.15) is 90.4 Å². The molecule has 2 aliphatic carbocycles. The van der Waals surface area contributed by atoms with E-state index in [2.05, 4.69) is 13.0 Å². The highest BCUT2D eigenvalue weighted by atomic mass is 16.5. The van der Waals surface area contributed by atoms with E-state index in [4.69, 9.17) is 10.00 Å². The zero-order valence-electron chi connectivity index (χ0n) is 15.9. The van der Waals surface area contributed by atoms with E-state index in [1.807, 2.05) is 6.08 Å². The highest BCUT2D eigenvalue weighted by Crippen LogP contribution is 2.34. The Morgan fingerprint density at radius 1 is 1.04 bits per heavy atom. The number of carbonyl (C=O) groups excluding carboxylic acids is 1. The molecule has 0 amide bonds. The summed E-state index contributed by atoms with van der Waals surface area (Å²) in [6.45, 7) is 2.26. The van der Waals surface area contributed by atoms with Crippen molar-refractivity contribution in [3.05, 3.63) is 12.2 Å². The third-order valence-electron chi connectivity index (χ3n) is 6.09. The number of nitriles is 1. The molecule has 0 aromatic carbocycles. The molecule has 0 aromatic rings. The molecule has 0 radical (unpaired) electrons. The third-order valence-corrected chi connectivity index (χ3v) is 6.09. The lowest BCUT2D eigenvalue weighted by molar-refractivity contribution is -0.157. The minimum absolute atomic E-state index is 0.0560. The summed E-state index contributed by atoms with van der Waals surface area (Å²) in [6.07, 6.45) is 18.8. The monoisotopic (exact) mass is 345 g/mol. The zero-order valence-corrected chi connectivity index (χ0v) is 15.9. The lowest BCUT2D eigenvalue weighted by Crippen LogP contribution is -2.29. The molecule has 2 fully saturated rings. The molecule has 0 aromatic heterocycles. The van der Waals surface area contributed by atoms with Gasteiger partial charge in [-0.15, -0.1) is 0 Å². The molecular formula is C22H35NO2. The lowest BCUT2D eigenvalue weighted by atomic mass is 9.79. The van der Waals surface area contributed by atoms with Crippen LogP contribution in [-0.4, -0.2) is 12.1 Å². The normalized spacial score (nSPS) is 30.1. The standard InChI is InChI=1S/C22H35NO2/c1-2-3-4-5-7-18-9-13-20(14-10-18)22(24)25-21-15-11-19(12-16-21)8-6-17-23/h6,8,18-21H,2-5,7,9-16H2,1H3/b8-6+/t18-,19?,20-,21?. The topological polar surface area (TPSA) is 50.1 Å². The molecule has 0 N–H and O–H groups in total. The number of esters is 1. The Balaban J connectivity index is 1.61. The van der Waals surface area contributed by atoms with Gasteiger partial charge in [0, 0.05) is 6.08 Å². The fraction of sp³-hybridized carbons (Fsp3) is 0.818. The number of hydrogen-bond acceptors (Lipinski definition) is 3. The molecule has 25 heavy (non-hydrogen) atoms. The first-order chi connectivity index (χ1) is 12.2. The van der Waals surface area contributed by atoms with Crippen LogP contribution < -0.4 is 0 Å². The van der Waals surface area contributed by atoms with E-state index < -0.39 is 0 Å². The molecule has 0 saturated heterocycles. The van der Waals surface area contributed by atoms with Crippen molar-refractivity contribution < 1.29 is 9.53 Å². The summed E-state index contributed by atoms with van der Waals surface area (Å²) in [4.78, 5) is 12.4. The lowest BCUT2D eigenvalue weighted by Gasteiger charge is -2.31. The molecule has 0 spiro atoms. The Kier molecular flexibility index (Phi) is 9.08. The highest BCUT2D eigenvalue weighted by Gasteiger charge is 2.30. The molecule has 2 saturated carbocycles. The van der Waals surface area contributed by atoms with Gasteiger partial charge in [-0.05, 0) is 63.2 Å². The average Bonchev–Trinajstić information content (AvgIpc) is 2.65. The quantitative estimate of drug-likeness (QED) is 0.310. The summed E-state index contributed by atoms with van der Waals surface area (Å²) in [5.74, 6) is 1.52. The minimum atomic E-state index is 0.0560. The molecular weight excluding hydrogens is 310 g/mol. The Morgan fingerprint density at radius 2 is 1.76 bits per heavy atom. The number of unbranched alkanes of at least 4 members (excludes halogenated alkanes) is 3. The molecule has 3 nitrogen and oxygen atoms in total. The van der Waals surface area contributed by atoms with E-state index in [1.54, 1.807) is 6.08 Å². The second-order valence-corrected chi connectivity index (χ2v) is 8.03. The van der Waals surface area contributed by atoms with E-state index in [-0.39, 0.29) is 18.0 Å². The second kappa shape index (κ2) is 11.3. The van der Waals surface area contributed by atoms with Gasteiger partial charge in [-0.1, -0.05) is 45.1 Å². The molecule has 2 rings (SSSR count). The summed E-state index contributed by atoms with van der Waals surface area (Å²) in [5, 5.41) is 8.60. The van der Waals surface area contributed by atoms with Crippen molar-refractivity contribution in [3.63, 3.8) is 0 Å². The molecule has 3 heteroatoms. The third kappa shape index (κ3) is 7.22. The van der Waals surface area contributed by atoms with Crippen LogP contribution in [0.25, 0.3) is 0 Å². The van der Waals surface area contributed by atoms with Crippen molar-refractivity contribution >= 4 is 5.97 Å². The van der Waals surface area contributed by atoms with Crippen LogP contribution in [0, 0.1) is 29.1 Å². The van der Waals surface area contributed by atoms with E-state index in [0.29, 0.717) is 5.92 Å². The number of hydrogen-bond donors (Lipinski definition) is 0. The fourth-order valence-electron chi connectivity index (χ4n) is 4.39.